The second-order valence-corrected chi connectivity index (χ2v) is 9.73. The number of sulfone groups is 1. The number of fused-ring (bicyclic) bond motifs is 1. The molecule has 3 aromatic rings. The molecule has 0 aliphatic carbocycles. The van der Waals surface area contributed by atoms with Crippen LogP contribution < -0.4 is 0 Å². The SMILES string of the molecule is CS(=O)(=O)c1ncc2c(n1)CCN(Cc1cnccc1-c1cccc(Br)c1)C2. The van der Waals surface area contributed by atoms with Gasteiger partial charge in [0.1, 0.15) is 0 Å². The van der Waals surface area contributed by atoms with Crippen molar-refractivity contribution in [2.75, 3.05) is 12.8 Å². The normalized spacial score (nSPS) is 14.6. The van der Waals surface area contributed by atoms with Crippen molar-refractivity contribution in [3.05, 3.63) is 70.2 Å². The lowest BCUT2D eigenvalue weighted by molar-refractivity contribution is 0.242. The highest BCUT2D eigenvalue weighted by atomic mass is 79.9. The fourth-order valence-electron chi connectivity index (χ4n) is 3.40. The van der Waals surface area contributed by atoms with Crippen molar-refractivity contribution in [1.29, 1.82) is 0 Å². The molecule has 1 aliphatic rings. The summed E-state index contributed by atoms with van der Waals surface area (Å²) in [5.41, 5.74) is 5.26. The number of nitrogens with zero attached hydrogens (tertiary/aromatic N) is 4. The van der Waals surface area contributed by atoms with Crippen LogP contribution in [-0.2, 0) is 29.3 Å². The van der Waals surface area contributed by atoms with Crippen LogP contribution in [0, 0.1) is 0 Å². The topological polar surface area (TPSA) is 76.1 Å². The lowest BCUT2D eigenvalue weighted by Crippen LogP contribution is -2.31. The minimum atomic E-state index is -3.39. The lowest BCUT2D eigenvalue weighted by atomic mass is 10.0. The molecule has 8 heteroatoms. The van der Waals surface area contributed by atoms with E-state index in [0.717, 1.165) is 51.8 Å². The number of rotatable bonds is 4. The maximum absolute atomic E-state index is 11.7. The molecule has 0 amide bonds. The van der Waals surface area contributed by atoms with Crippen LogP contribution in [0.1, 0.15) is 16.8 Å². The first kappa shape index (κ1) is 19.2. The Hall–Kier alpha value is -2.16. The van der Waals surface area contributed by atoms with Crippen LogP contribution >= 0.6 is 15.9 Å². The van der Waals surface area contributed by atoms with Gasteiger partial charge in [-0.1, -0.05) is 28.1 Å². The molecule has 2 aromatic heterocycles. The fraction of sp³-hybridized carbons (Fsp3) is 0.250. The monoisotopic (exact) mass is 458 g/mol. The number of hydrogen-bond acceptors (Lipinski definition) is 6. The van der Waals surface area contributed by atoms with Gasteiger partial charge in [-0.05, 0) is 34.9 Å². The summed E-state index contributed by atoms with van der Waals surface area (Å²) in [6, 6.07) is 10.3. The van der Waals surface area contributed by atoms with Crippen LogP contribution in [0.3, 0.4) is 0 Å². The Morgan fingerprint density at radius 1 is 1.21 bits per heavy atom. The molecule has 0 fully saturated rings. The van der Waals surface area contributed by atoms with Gasteiger partial charge in [-0.25, -0.2) is 18.4 Å². The van der Waals surface area contributed by atoms with Crippen molar-refractivity contribution in [1.82, 2.24) is 19.9 Å². The van der Waals surface area contributed by atoms with Crippen LogP contribution in [0.4, 0.5) is 0 Å². The number of aromatic nitrogens is 3. The molecule has 1 aliphatic heterocycles. The Bertz CT molecular complexity index is 1130. The van der Waals surface area contributed by atoms with Gasteiger partial charge in [-0.3, -0.25) is 9.88 Å². The van der Waals surface area contributed by atoms with Gasteiger partial charge in [0.05, 0.1) is 5.69 Å². The maximum Gasteiger partial charge on any atom is 0.246 e. The highest BCUT2D eigenvalue weighted by Gasteiger charge is 2.22. The molecule has 3 heterocycles. The third-order valence-electron chi connectivity index (χ3n) is 4.76. The minimum Gasteiger partial charge on any atom is -0.294 e. The quantitative estimate of drug-likeness (QED) is 0.558. The Balaban J connectivity index is 1.57. The second-order valence-electron chi connectivity index (χ2n) is 6.90. The maximum atomic E-state index is 11.7. The summed E-state index contributed by atoms with van der Waals surface area (Å²) in [6.45, 7) is 2.25. The van der Waals surface area contributed by atoms with E-state index in [2.05, 4.69) is 47.9 Å². The molecule has 0 saturated carbocycles. The largest absolute Gasteiger partial charge is 0.294 e. The standard InChI is InChI=1S/C20H19BrN4O2S/c1-28(26,27)20-23-11-16-13-25(8-6-19(16)24-20)12-15-10-22-7-5-18(15)14-3-2-4-17(21)9-14/h2-5,7,9-11H,6,8,12-13H2,1H3. The Morgan fingerprint density at radius 3 is 2.86 bits per heavy atom. The number of benzene rings is 1. The van der Waals surface area contributed by atoms with Gasteiger partial charge in [0.25, 0.3) is 0 Å². The van der Waals surface area contributed by atoms with E-state index in [0.29, 0.717) is 13.0 Å². The van der Waals surface area contributed by atoms with Gasteiger partial charge in [0.2, 0.25) is 15.0 Å². The zero-order valence-corrected chi connectivity index (χ0v) is 17.7. The number of pyridine rings is 1. The summed E-state index contributed by atoms with van der Waals surface area (Å²) in [4.78, 5) is 14.9. The lowest BCUT2D eigenvalue weighted by Gasteiger charge is -2.28. The van der Waals surface area contributed by atoms with Crippen molar-refractivity contribution >= 4 is 25.8 Å². The Labute approximate surface area is 172 Å². The molecule has 144 valence electrons. The Kier molecular flexibility index (Phi) is 5.27. The molecule has 28 heavy (non-hydrogen) atoms. The first-order valence-corrected chi connectivity index (χ1v) is 11.5. The van der Waals surface area contributed by atoms with Crippen LogP contribution in [0.15, 0.2) is 58.6 Å². The molecule has 0 spiro atoms. The van der Waals surface area contributed by atoms with E-state index in [1.807, 2.05) is 30.6 Å². The Morgan fingerprint density at radius 2 is 2.07 bits per heavy atom. The first-order valence-electron chi connectivity index (χ1n) is 8.86. The van der Waals surface area contributed by atoms with Gasteiger partial charge < -0.3 is 0 Å². The van der Waals surface area contributed by atoms with Gasteiger partial charge in [-0.2, -0.15) is 0 Å². The van der Waals surface area contributed by atoms with Crippen molar-refractivity contribution in [3.8, 4) is 11.1 Å². The van der Waals surface area contributed by atoms with Gasteiger partial charge in [0.15, 0.2) is 0 Å². The van der Waals surface area contributed by atoms with Crippen molar-refractivity contribution in [2.45, 2.75) is 24.7 Å². The average Bonchev–Trinajstić information content (AvgIpc) is 2.67. The van der Waals surface area contributed by atoms with Crippen LogP contribution in [0.2, 0.25) is 0 Å². The van der Waals surface area contributed by atoms with Gasteiger partial charge in [-0.15, -0.1) is 0 Å². The predicted molar refractivity (Wildman–Crippen MR) is 110 cm³/mol. The van der Waals surface area contributed by atoms with E-state index < -0.39 is 9.84 Å². The van der Waals surface area contributed by atoms with Crippen LogP contribution in [-0.4, -0.2) is 41.1 Å². The molecule has 1 aromatic carbocycles. The summed E-state index contributed by atoms with van der Waals surface area (Å²) in [7, 11) is -3.39. The highest BCUT2D eigenvalue weighted by molar-refractivity contribution is 9.10. The zero-order chi connectivity index (χ0) is 19.7. The third-order valence-corrected chi connectivity index (χ3v) is 6.11. The number of halogens is 1. The summed E-state index contributed by atoms with van der Waals surface area (Å²) < 4.78 is 24.4. The smallest absolute Gasteiger partial charge is 0.246 e. The molecule has 0 bridgehead atoms. The minimum absolute atomic E-state index is 0.0936. The molecule has 0 unspecified atom stereocenters. The molecule has 0 atom stereocenters. The third kappa shape index (κ3) is 4.14. The average molecular weight is 459 g/mol. The summed E-state index contributed by atoms with van der Waals surface area (Å²) in [5, 5.41) is -0.0936. The van der Waals surface area contributed by atoms with Crippen molar-refractivity contribution in [3.63, 3.8) is 0 Å². The molecule has 0 N–H and O–H groups in total. The molecule has 0 radical (unpaired) electrons. The van der Waals surface area contributed by atoms with E-state index in [1.54, 1.807) is 6.20 Å². The molecular weight excluding hydrogens is 440 g/mol. The molecule has 0 saturated heterocycles. The van der Waals surface area contributed by atoms with Crippen LogP contribution in [0.25, 0.3) is 11.1 Å². The second kappa shape index (κ2) is 7.69. The summed E-state index contributed by atoms with van der Waals surface area (Å²) >= 11 is 3.54. The first-order chi connectivity index (χ1) is 13.4. The molecular formula is C20H19BrN4O2S. The van der Waals surface area contributed by atoms with E-state index in [-0.39, 0.29) is 5.16 Å². The molecule has 4 rings (SSSR count). The highest BCUT2D eigenvalue weighted by Crippen LogP contribution is 2.28. The van der Waals surface area contributed by atoms with Crippen LogP contribution in [0.5, 0.6) is 0 Å². The van der Waals surface area contributed by atoms with E-state index in [1.165, 1.54) is 0 Å². The van der Waals surface area contributed by atoms with Crippen molar-refractivity contribution < 1.29 is 8.42 Å². The van der Waals surface area contributed by atoms with Gasteiger partial charge >= 0.3 is 0 Å². The zero-order valence-electron chi connectivity index (χ0n) is 15.3. The van der Waals surface area contributed by atoms with Gasteiger partial charge in [0, 0.05) is 60.9 Å². The van der Waals surface area contributed by atoms with E-state index in [4.69, 9.17) is 0 Å². The summed E-state index contributed by atoms with van der Waals surface area (Å²) in [5.74, 6) is 0. The van der Waals surface area contributed by atoms with E-state index >= 15 is 0 Å². The number of hydrogen-bond donors (Lipinski definition) is 0. The van der Waals surface area contributed by atoms with E-state index in [9.17, 15) is 8.42 Å². The summed E-state index contributed by atoms with van der Waals surface area (Å²) in [6.07, 6.45) is 7.20. The predicted octanol–water partition coefficient (Wildman–Crippen LogP) is 3.26. The fourth-order valence-corrected chi connectivity index (χ4v) is 4.32. The molecule has 6 nitrogen and oxygen atoms in total. The van der Waals surface area contributed by atoms with Crippen molar-refractivity contribution in [2.24, 2.45) is 0 Å².